The lowest BCUT2D eigenvalue weighted by atomic mass is 9.87. The minimum atomic E-state index is 0.573. The van der Waals surface area contributed by atoms with Crippen LogP contribution >= 0.6 is 28.1 Å². The Labute approximate surface area is 121 Å². The van der Waals surface area contributed by atoms with E-state index in [0.29, 0.717) is 6.04 Å². The van der Waals surface area contributed by atoms with Gasteiger partial charge in [0.25, 0.3) is 0 Å². The van der Waals surface area contributed by atoms with Crippen molar-refractivity contribution in [3.8, 4) is 0 Å². The van der Waals surface area contributed by atoms with Gasteiger partial charge in [-0.05, 0) is 62.0 Å². The molecule has 0 unspecified atom stereocenters. The third-order valence-electron chi connectivity index (χ3n) is 4.03. The van der Waals surface area contributed by atoms with Crippen LogP contribution in [-0.4, -0.2) is 9.55 Å². The summed E-state index contributed by atoms with van der Waals surface area (Å²) < 4.78 is 4.28. The SMILES string of the molecule is CC1CCC(n2c(=S)[nH]c3cc(Br)ccc32)CC1. The number of H-pyrrole nitrogens is 1. The van der Waals surface area contributed by atoms with Gasteiger partial charge in [-0.1, -0.05) is 22.9 Å². The number of halogens is 1. The summed E-state index contributed by atoms with van der Waals surface area (Å²) in [6.45, 7) is 2.35. The van der Waals surface area contributed by atoms with Gasteiger partial charge in [0, 0.05) is 10.5 Å². The molecule has 2 aromatic rings. The zero-order valence-electron chi connectivity index (χ0n) is 10.4. The molecule has 0 atom stereocenters. The molecule has 0 radical (unpaired) electrons. The Hall–Kier alpha value is -0.610. The van der Waals surface area contributed by atoms with Gasteiger partial charge in [0.1, 0.15) is 0 Å². The van der Waals surface area contributed by atoms with Crippen molar-refractivity contribution in [2.75, 3.05) is 0 Å². The highest BCUT2D eigenvalue weighted by molar-refractivity contribution is 9.10. The Morgan fingerprint density at radius 1 is 1.28 bits per heavy atom. The molecule has 1 aliphatic rings. The van der Waals surface area contributed by atoms with Gasteiger partial charge in [0.05, 0.1) is 11.0 Å². The Balaban J connectivity index is 2.06. The number of nitrogens with one attached hydrogen (secondary N) is 1. The van der Waals surface area contributed by atoms with Gasteiger partial charge < -0.3 is 9.55 Å². The molecule has 0 spiro atoms. The molecular weight excluding hydrogens is 308 g/mol. The highest BCUT2D eigenvalue weighted by Crippen LogP contribution is 2.34. The molecule has 1 N–H and O–H groups in total. The molecule has 1 aliphatic carbocycles. The van der Waals surface area contributed by atoms with E-state index in [4.69, 9.17) is 12.2 Å². The molecule has 18 heavy (non-hydrogen) atoms. The minimum Gasteiger partial charge on any atom is -0.331 e. The van der Waals surface area contributed by atoms with Crippen LogP contribution in [-0.2, 0) is 0 Å². The molecule has 2 nitrogen and oxygen atoms in total. The number of hydrogen-bond donors (Lipinski definition) is 1. The summed E-state index contributed by atoms with van der Waals surface area (Å²) in [6, 6.07) is 6.92. The summed E-state index contributed by atoms with van der Waals surface area (Å²) >= 11 is 9.01. The molecule has 1 aromatic heterocycles. The molecular formula is C14H17BrN2S. The first-order valence-corrected chi connectivity index (χ1v) is 7.75. The van der Waals surface area contributed by atoms with Crippen LogP contribution in [0.5, 0.6) is 0 Å². The second-order valence-corrected chi connectivity index (χ2v) is 6.68. The standard InChI is InChI=1S/C14H17BrN2S/c1-9-2-5-11(6-3-9)17-13-7-4-10(15)8-12(13)16-14(17)18/h4,7-9,11H,2-3,5-6H2,1H3,(H,16,18). The van der Waals surface area contributed by atoms with E-state index in [-0.39, 0.29) is 0 Å². The highest BCUT2D eigenvalue weighted by atomic mass is 79.9. The number of fused-ring (bicyclic) bond motifs is 1. The second kappa shape index (κ2) is 4.82. The molecule has 0 bridgehead atoms. The van der Waals surface area contributed by atoms with E-state index >= 15 is 0 Å². The van der Waals surface area contributed by atoms with E-state index in [0.717, 1.165) is 20.7 Å². The third-order valence-corrected chi connectivity index (χ3v) is 4.82. The van der Waals surface area contributed by atoms with Crippen molar-refractivity contribution in [2.45, 2.75) is 38.6 Å². The van der Waals surface area contributed by atoms with E-state index in [2.05, 4.69) is 50.6 Å². The van der Waals surface area contributed by atoms with Gasteiger partial charge in [-0.15, -0.1) is 0 Å². The Kier molecular flexibility index (Phi) is 3.32. The van der Waals surface area contributed by atoms with Gasteiger partial charge >= 0.3 is 0 Å². The molecule has 0 amide bonds. The third kappa shape index (κ3) is 2.16. The summed E-state index contributed by atoms with van der Waals surface area (Å²) in [5.74, 6) is 0.870. The largest absolute Gasteiger partial charge is 0.331 e. The first kappa shape index (κ1) is 12.4. The maximum absolute atomic E-state index is 5.50. The van der Waals surface area contributed by atoms with E-state index in [1.165, 1.54) is 31.2 Å². The lowest BCUT2D eigenvalue weighted by molar-refractivity contribution is 0.292. The van der Waals surface area contributed by atoms with Crippen molar-refractivity contribution in [2.24, 2.45) is 5.92 Å². The maximum atomic E-state index is 5.50. The lowest BCUT2D eigenvalue weighted by Crippen LogP contribution is -2.16. The van der Waals surface area contributed by atoms with E-state index in [1.54, 1.807) is 0 Å². The van der Waals surface area contributed by atoms with Crippen molar-refractivity contribution in [1.82, 2.24) is 9.55 Å². The van der Waals surface area contributed by atoms with Crippen molar-refractivity contribution in [3.63, 3.8) is 0 Å². The zero-order chi connectivity index (χ0) is 12.7. The normalized spacial score (nSPS) is 24.6. The molecule has 1 fully saturated rings. The second-order valence-electron chi connectivity index (χ2n) is 5.38. The van der Waals surface area contributed by atoms with Crippen LogP contribution in [0.4, 0.5) is 0 Å². The number of benzene rings is 1. The van der Waals surface area contributed by atoms with Crippen molar-refractivity contribution >= 4 is 39.2 Å². The predicted molar refractivity (Wildman–Crippen MR) is 81.5 cm³/mol. The molecule has 3 rings (SSSR count). The summed E-state index contributed by atoms with van der Waals surface area (Å²) in [7, 11) is 0. The van der Waals surface area contributed by atoms with E-state index < -0.39 is 0 Å². The molecule has 1 heterocycles. The van der Waals surface area contributed by atoms with E-state index in [1.807, 2.05) is 0 Å². The molecule has 0 aliphatic heterocycles. The van der Waals surface area contributed by atoms with Crippen molar-refractivity contribution in [3.05, 3.63) is 27.4 Å². The number of aromatic nitrogens is 2. The Morgan fingerprint density at radius 2 is 2.00 bits per heavy atom. The maximum Gasteiger partial charge on any atom is 0.178 e. The van der Waals surface area contributed by atoms with Crippen LogP contribution in [0.3, 0.4) is 0 Å². The average molecular weight is 325 g/mol. The minimum absolute atomic E-state index is 0.573. The quantitative estimate of drug-likeness (QED) is 0.714. The zero-order valence-corrected chi connectivity index (χ0v) is 12.9. The van der Waals surface area contributed by atoms with E-state index in [9.17, 15) is 0 Å². The first-order chi connectivity index (χ1) is 8.65. The topological polar surface area (TPSA) is 20.7 Å². The molecule has 0 saturated heterocycles. The number of imidazole rings is 1. The number of rotatable bonds is 1. The average Bonchev–Trinajstić information content (AvgIpc) is 2.65. The number of nitrogens with zero attached hydrogens (tertiary/aromatic N) is 1. The fourth-order valence-electron chi connectivity index (χ4n) is 2.97. The van der Waals surface area contributed by atoms with Crippen LogP contribution in [0.15, 0.2) is 22.7 Å². The van der Waals surface area contributed by atoms with Crippen LogP contribution < -0.4 is 0 Å². The Morgan fingerprint density at radius 3 is 2.72 bits per heavy atom. The Bertz CT molecular complexity index is 620. The van der Waals surface area contributed by atoms with Crippen LogP contribution in [0, 0.1) is 10.7 Å². The van der Waals surface area contributed by atoms with Gasteiger partial charge in [0.15, 0.2) is 4.77 Å². The molecule has 1 saturated carbocycles. The highest BCUT2D eigenvalue weighted by Gasteiger charge is 2.21. The molecule has 1 aromatic carbocycles. The lowest BCUT2D eigenvalue weighted by Gasteiger charge is -2.27. The van der Waals surface area contributed by atoms with Crippen molar-refractivity contribution in [1.29, 1.82) is 0 Å². The van der Waals surface area contributed by atoms with Gasteiger partial charge in [-0.25, -0.2) is 0 Å². The summed E-state index contributed by atoms with van der Waals surface area (Å²) in [6.07, 6.45) is 5.13. The summed E-state index contributed by atoms with van der Waals surface area (Å²) in [4.78, 5) is 3.32. The van der Waals surface area contributed by atoms with Crippen LogP contribution in [0.25, 0.3) is 11.0 Å². The van der Waals surface area contributed by atoms with Crippen molar-refractivity contribution < 1.29 is 0 Å². The van der Waals surface area contributed by atoms with Crippen LogP contribution in [0.2, 0.25) is 0 Å². The summed E-state index contributed by atoms with van der Waals surface area (Å²) in [5, 5.41) is 0. The fourth-order valence-corrected chi connectivity index (χ4v) is 3.68. The smallest absolute Gasteiger partial charge is 0.178 e. The van der Waals surface area contributed by atoms with Crippen LogP contribution in [0.1, 0.15) is 38.6 Å². The predicted octanol–water partition coefficient (Wildman–Crippen LogP) is 5.21. The number of hydrogen-bond acceptors (Lipinski definition) is 1. The van der Waals surface area contributed by atoms with Gasteiger partial charge in [0.2, 0.25) is 0 Å². The summed E-state index contributed by atoms with van der Waals surface area (Å²) in [5.41, 5.74) is 2.37. The molecule has 96 valence electrons. The van der Waals surface area contributed by atoms with Gasteiger partial charge in [-0.3, -0.25) is 0 Å². The number of aromatic amines is 1. The molecule has 4 heteroatoms. The fraction of sp³-hybridized carbons (Fsp3) is 0.500. The van der Waals surface area contributed by atoms with Gasteiger partial charge in [-0.2, -0.15) is 0 Å². The monoisotopic (exact) mass is 324 g/mol. The first-order valence-electron chi connectivity index (χ1n) is 6.55.